The van der Waals surface area contributed by atoms with Gasteiger partial charge in [-0.05, 0) is 31.5 Å². The maximum atomic E-state index is 13.1. The predicted molar refractivity (Wildman–Crippen MR) is 60.3 cm³/mol. The molecular formula is C12H14FNO3. The van der Waals surface area contributed by atoms with Crippen molar-refractivity contribution in [3.05, 3.63) is 29.6 Å². The van der Waals surface area contributed by atoms with Gasteiger partial charge in [-0.1, -0.05) is 0 Å². The lowest BCUT2D eigenvalue weighted by Gasteiger charge is -2.31. The highest BCUT2D eigenvalue weighted by Gasteiger charge is 2.28. The van der Waals surface area contributed by atoms with Crippen molar-refractivity contribution >= 4 is 11.8 Å². The molecule has 92 valence electrons. The van der Waals surface area contributed by atoms with Gasteiger partial charge >= 0.3 is 6.09 Å². The first-order valence-electron chi connectivity index (χ1n) is 5.55. The van der Waals surface area contributed by atoms with Crippen molar-refractivity contribution in [2.24, 2.45) is 0 Å². The van der Waals surface area contributed by atoms with Crippen molar-refractivity contribution in [1.82, 2.24) is 0 Å². The van der Waals surface area contributed by atoms with E-state index in [-0.39, 0.29) is 6.61 Å². The first-order valence-corrected chi connectivity index (χ1v) is 5.55. The Morgan fingerprint density at radius 3 is 3.12 bits per heavy atom. The predicted octanol–water partition coefficient (Wildman–Crippen LogP) is 2.23. The Kier molecular flexibility index (Phi) is 3.28. The first kappa shape index (κ1) is 11.9. The summed E-state index contributed by atoms with van der Waals surface area (Å²) in [7, 11) is 0. The normalized spacial score (nSPS) is 18.8. The molecule has 1 heterocycles. The summed E-state index contributed by atoms with van der Waals surface area (Å²) in [5.74, 6) is -0.423. The van der Waals surface area contributed by atoms with Gasteiger partial charge in [0.25, 0.3) is 0 Å². The SMILES string of the molecule is CCOC(=O)N1CCC(O)c2cc(F)ccc21. The molecule has 1 atom stereocenters. The molecular weight excluding hydrogens is 225 g/mol. The van der Waals surface area contributed by atoms with Crippen LogP contribution in [0.2, 0.25) is 0 Å². The quantitative estimate of drug-likeness (QED) is 0.817. The van der Waals surface area contributed by atoms with E-state index < -0.39 is 18.0 Å². The molecule has 1 N–H and O–H groups in total. The van der Waals surface area contributed by atoms with Crippen LogP contribution in [0.5, 0.6) is 0 Å². The number of halogens is 1. The van der Waals surface area contributed by atoms with Gasteiger partial charge in [-0.3, -0.25) is 4.90 Å². The van der Waals surface area contributed by atoms with E-state index in [4.69, 9.17) is 4.74 Å². The van der Waals surface area contributed by atoms with E-state index >= 15 is 0 Å². The number of aliphatic hydroxyl groups excluding tert-OH is 1. The molecule has 0 bridgehead atoms. The number of hydrogen-bond donors (Lipinski definition) is 1. The van der Waals surface area contributed by atoms with Crippen molar-refractivity contribution < 1.29 is 19.0 Å². The first-order chi connectivity index (χ1) is 8.13. The lowest BCUT2D eigenvalue weighted by Crippen LogP contribution is -2.37. The van der Waals surface area contributed by atoms with Crippen molar-refractivity contribution in [1.29, 1.82) is 0 Å². The van der Waals surface area contributed by atoms with Gasteiger partial charge < -0.3 is 9.84 Å². The zero-order chi connectivity index (χ0) is 12.4. The molecule has 1 aliphatic rings. The number of fused-ring (bicyclic) bond motifs is 1. The number of nitrogens with zero attached hydrogens (tertiary/aromatic N) is 1. The number of carbonyl (C=O) groups excluding carboxylic acids is 1. The minimum Gasteiger partial charge on any atom is -0.449 e. The molecule has 1 amide bonds. The zero-order valence-electron chi connectivity index (χ0n) is 9.52. The van der Waals surface area contributed by atoms with Gasteiger partial charge in [0.05, 0.1) is 18.4 Å². The third-order valence-corrected chi connectivity index (χ3v) is 2.75. The number of ether oxygens (including phenoxy) is 1. The number of anilines is 1. The van der Waals surface area contributed by atoms with Crippen LogP contribution < -0.4 is 4.90 Å². The van der Waals surface area contributed by atoms with Gasteiger partial charge in [-0.25, -0.2) is 9.18 Å². The van der Waals surface area contributed by atoms with E-state index in [0.717, 1.165) is 0 Å². The number of benzene rings is 1. The fraction of sp³-hybridized carbons (Fsp3) is 0.417. The summed E-state index contributed by atoms with van der Waals surface area (Å²) in [6.07, 6.45) is -0.812. The zero-order valence-corrected chi connectivity index (χ0v) is 9.52. The Morgan fingerprint density at radius 2 is 2.41 bits per heavy atom. The summed E-state index contributed by atoms with van der Waals surface area (Å²) in [6.45, 7) is 2.38. The highest BCUT2D eigenvalue weighted by Crippen LogP contribution is 2.34. The third-order valence-electron chi connectivity index (χ3n) is 2.75. The third kappa shape index (κ3) is 2.24. The molecule has 4 nitrogen and oxygen atoms in total. The largest absolute Gasteiger partial charge is 0.449 e. The van der Waals surface area contributed by atoms with Crippen LogP contribution >= 0.6 is 0 Å². The van der Waals surface area contributed by atoms with Crippen LogP contribution in [-0.2, 0) is 4.74 Å². The number of aliphatic hydroxyl groups is 1. The summed E-state index contributed by atoms with van der Waals surface area (Å²) >= 11 is 0. The minimum absolute atomic E-state index is 0.286. The fourth-order valence-electron chi connectivity index (χ4n) is 1.96. The van der Waals surface area contributed by atoms with Crippen LogP contribution in [0.1, 0.15) is 25.0 Å². The van der Waals surface area contributed by atoms with E-state index in [1.807, 2.05) is 0 Å². The van der Waals surface area contributed by atoms with Gasteiger partial charge in [0, 0.05) is 12.1 Å². The second-order valence-electron chi connectivity index (χ2n) is 3.86. The van der Waals surface area contributed by atoms with E-state index in [1.54, 1.807) is 6.92 Å². The Hall–Kier alpha value is -1.62. The second-order valence-corrected chi connectivity index (χ2v) is 3.86. The lowest BCUT2D eigenvalue weighted by atomic mass is 9.99. The Bertz CT molecular complexity index is 436. The molecule has 1 aromatic rings. The molecule has 2 rings (SSSR count). The standard InChI is InChI=1S/C12H14FNO3/c1-2-17-12(16)14-6-5-11(15)9-7-8(13)3-4-10(9)14/h3-4,7,11,15H,2,5-6H2,1H3. The van der Waals surface area contributed by atoms with Crippen LogP contribution in [0.3, 0.4) is 0 Å². The van der Waals surface area contributed by atoms with Gasteiger partial charge in [0.1, 0.15) is 5.82 Å². The minimum atomic E-state index is -0.730. The van der Waals surface area contributed by atoms with Crippen molar-refractivity contribution in [2.45, 2.75) is 19.4 Å². The molecule has 1 aliphatic heterocycles. The Morgan fingerprint density at radius 1 is 1.65 bits per heavy atom. The molecule has 0 spiro atoms. The second kappa shape index (κ2) is 4.71. The Balaban J connectivity index is 2.35. The van der Waals surface area contributed by atoms with Crippen molar-refractivity contribution in [3.63, 3.8) is 0 Å². The van der Waals surface area contributed by atoms with Crippen molar-refractivity contribution in [2.75, 3.05) is 18.1 Å². The van der Waals surface area contributed by atoms with Crippen molar-refractivity contribution in [3.8, 4) is 0 Å². The molecule has 0 saturated heterocycles. The number of amides is 1. The maximum absolute atomic E-state index is 13.1. The van der Waals surface area contributed by atoms with Crippen LogP contribution in [0.25, 0.3) is 0 Å². The molecule has 0 aromatic heterocycles. The molecule has 0 aliphatic carbocycles. The summed E-state index contributed by atoms with van der Waals surface area (Å²) < 4.78 is 18.0. The van der Waals surface area contributed by atoms with Gasteiger partial charge in [-0.15, -0.1) is 0 Å². The average Bonchev–Trinajstić information content (AvgIpc) is 2.30. The lowest BCUT2D eigenvalue weighted by molar-refractivity contribution is 0.146. The maximum Gasteiger partial charge on any atom is 0.414 e. The average molecular weight is 239 g/mol. The smallest absolute Gasteiger partial charge is 0.414 e. The number of rotatable bonds is 1. The summed E-state index contributed by atoms with van der Waals surface area (Å²) in [6, 6.07) is 4.01. The molecule has 1 aromatic carbocycles. The van der Waals surface area contributed by atoms with E-state index in [2.05, 4.69) is 0 Å². The molecule has 17 heavy (non-hydrogen) atoms. The molecule has 0 fully saturated rings. The Labute approximate surface area is 98.6 Å². The van der Waals surface area contributed by atoms with Crippen LogP contribution in [0, 0.1) is 5.82 Å². The van der Waals surface area contributed by atoms with E-state index in [9.17, 15) is 14.3 Å². The van der Waals surface area contributed by atoms with Crippen LogP contribution in [0.4, 0.5) is 14.9 Å². The molecule has 0 radical (unpaired) electrons. The van der Waals surface area contributed by atoms with E-state index in [0.29, 0.717) is 24.2 Å². The molecule has 0 saturated carbocycles. The number of hydrogen-bond acceptors (Lipinski definition) is 3. The summed E-state index contributed by atoms with van der Waals surface area (Å²) in [5, 5.41) is 9.77. The number of carbonyl (C=O) groups is 1. The van der Waals surface area contributed by atoms with Crippen LogP contribution in [-0.4, -0.2) is 24.4 Å². The summed E-state index contributed by atoms with van der Waals surface area (Å²) in [5.41, 5.74) is 0.952. The molecule has 5 heteroatoms. The van der Waals surface area contributed by atoms with Gasteiger partial charge in [0.2, 0.25) is 0 Å². The van der Waals surface area contributed by atoms with Crippen LogP contribution in [0.15, 0.2) is 18.2 Å². The topological polar surface area (TPSA) is 49.8 Å². The fourth-order valence-corrected chi connectivity index (χ4v) is 1.96. The monoisotopic (exact) mass is 239 g/mol. The van der Waals surface area contributed by atoms with Gasteiger partial charge in [-0.2, -0.15) is 0 Å². The molecule has 1 unspecified atom stereocenters. The highest BCUT2D eigenvalue weighted by molar-refractivity contribution is 5.89. The summed E-state index contributed by atoms with van der Waals surface area (Å²) in [4.78, 5) is 13.1. The van der Waals surface area contributed by atoms with E-state index in [1.165, 1.54) is 23.1 Å². The highest BCUT2D eigenvalue weighted by atomic mass is 19.1. The van der Waals surface area contributed by atoms with Gasteiger partial charge in [0.15, 0.2) is 0 Å².